The van der Waals surface area contributed by atoms with E-state index in [-0.39, 0.29) is 0 Å². The molecule has 0 aliphatic heterocycles. The first-order valence-electron chi connectivity index (χ1n) is 7.01. The monoisotopic (exact) mass is 300 g/mol. The minimum atomic E-state index is -0.781. The van der Waals surface area contributed by atoms with Gasteiger partial charge in [0, 0.05) is 11.5 Å². The predicted octanol–water partition coefficient (Wildman–Crippen LogP) is 4.62. The molecule has 0 bridgehead atoms. The maximum absolute atomic E-state index is 10.9. The summed E-state index contributed by atoms with van der Waals surface area (Å²) < 4.78 is 0. The lowest BCUT2D eigenvalue weighted by Crippen LogP contribution is -2.07. The van der Waals surface area contributed by atoms with E-state index < -0.39 is 11.9 Å². The van der Waals surface area contributed by atoms with Gasteiger partial charge in [0.25, 0.3) is 0 Å². The molecule has 2 rings (SSSR count). The summed E-state index contributed by atoms with van der Waals surface area (Å²) in [5.74, 6) is 0.709. The Morgan fingerprint density at radius 2 is 1.76 bits per heavy atom. The number of carboxylic acids is 1. The lowest BCUT2D eigenvalue weighted by atomic mass is 10.0. The minimum Gasteiger partial charge on any atom is -0.481 e. The van der Waals surface area contributed by atoms with Gasteiger partial charge in [0.2, 0.25) is 0 Å². The molecular formula is C18H20O2S. The number of thioether (sulfide) groups is 1. The second-order valence-corrected chi connectivity index (χ2v) is 6.27. The van der Waals surface area contributed by atoms with Crippen LogP contribution in [-0.4, -0.2) is 11.1 Å². The highest BCUT2D eigenvalue weighted by Crippen LogP contribution is 2.21. The quantitative estimate of drug-likeness (QED) is 0.846. The summed E-state index contributed by atoms with van der Waals surface area (Å²) in [5.41, 5.74) is 4.72. The Balaban J connectivity index is 1.88. The Bertz CT molecular complexity index is 605. The Morgan fingerprint density at radius 3 is 2.38 bits per heavy atom. The molecule has 0 fully saturated rings. The van der Waals surface area contributed by atoms with Crippen LogP contribution in [0.4, 0.5) is 0 Å². The van der Waals surface area contributed by atoms with Gasteiger partial charge in [0.15, 0.2) is 0 Å². The summed E-state index contributed by atoms with van der Waals surface area (Å²) in [6, 6.07) is 16.4. The van der Waals surface area contributed by atoms with Gasteiger partial charge in [0.05, 0.1) is 5.92 Å². The molecule has 0 spiro atoms. The van der Waals surface area contributed by atoms with Crippen LogP contribution in [0.25, 0.3) is 0 Å². The Morgan fingerprint density at radius 1 is 1.10 bits per heavy atom. The lowest BCUT2D eigenvalue weighted by molar-refractivity contribution is -0.138. The fraction of sp³-hybridized carbons (Fsp3) is 0.278. The maximum Gasteiger partial charge on any atom is 0.310 e. The molecule has 0 saturated heterocycles. The number of benzene rings is 2. The predicted molar refractivity (Wildman–Crippen MR) is 88.7 cm³/mol. The average Bonchev–Trinajstić information content (AvgIpc) is 2.47. The zero-order valence-electron chi connectivity index (χ0n) is 12.4. The van der Waals surface area contributed by atoms with Crippen LogP contribution in [0.3, 0.4) is 0 Å². The highest BCUT2D eigenvalue weighted by atomic mass is 32.2. The van der Waals surface area contributed by atoms with Gasteiger partial charge in [-0.1, -0.05) is 54.1 Å². The first-order valence-corrected chi connectivity index (χ1v) is 8.16. The topological polar surface area (TPSA) is 37.3 Å². The van der Waals surface area contributed by atoms with Gasteiger partial charge >= 0.3 is 5.97 Å². The SMILES string of the molecule is Cc1cccc(CSCc2ccc(C(C)C(=O)O)cc2)c1. The minimum absolute atomic E-state index is 0.445. The van der Waals surface area contributed by atoms with Crippen molar-refractivity contribution in [3.63, 3.8) is 0 Å². The summed E-state index contributed by atoms with van der Waals surface area (Å²) in [5, 5.41) is 8.99. The van der Waals surface area contributed by atoms with Crippen LogP contribution >= 0.6 is 11.8 Å². The second-order valence-electron chi connectivity index (χ2n) is 5.28. The third-order valence-electron chi connectivity index (χ3n) is 3.47. The van der Waals surface area contributed by atoms with E-state index in [1.165, 1.54) is 16.7 Å². The van der Waals surface area contributed by atoms with Gasteiger partial charge in [-0.05, 0) is 30.5 Å². The fourth-order valence-corrected chi connectivity index (χ4v) is 3.08. The van der Waals surface area contributed by atoms with Gasteiger partial charge in [-0.2, -0.15) is 11.8 Å². The molecule has 21 heavy (non-hydrogen) atoms. The van der Waals surface area contributed by atoms with Crippen molar-refractivity contribution in [3.8, 4) is 0 Å². The molecule has 1 atom stereocenters. The third-order valence-corrected chi connectivity index (χ3v) is 4.55. The molecular weight excluding hydrogens is 280 g/mol. The molecule has 110 valence electrons. The van der Waals surface area contributed by atoms with Crippen molar-refractivity contribution in [2.75, 3.05) is 0 Å². The van der Waals surface area contributed by atoms with Gasteiger partial charge in [-0.15, -0.1) is 0 Å². The number of hydrogen-bond donors (Lipinski definition) is 1. The van der Waals surface area contributed by atoms with Gasteiger partial charge in [0.1, 0.15) is 0 Å². The van der Waals surface area contributed by atoms with Crippen LogP contribution in [0, 0.1) is 6.92 Å². The van der Waals surface area contributed by atoms with Gasteiger partial charge in [-0.25, -0.2) is 0 Å². The second kappa shape index (κ2) is 7.32. The van der Waals surface area contributed by atoms with Crippen molar-refractivity contribution < 1.29 is 9.90 Å². The highest BCUT2D eigenvalue weighted by Gasteiger charge is 2.12. The van der Waals surface area contributed by atoms with Crippen LogP contribution in [0.5, 0.6) is 0 Å². The summed E-state index contributed by atoms with van der Waals surface area (Å²) in [7, 11) is 0. The standard InChI is InChI=1S/C18H20O2S/c1-13-4-3-5-16(10-13)12-21-11-15-6-8-17(9-7-15)14(2)18(19)20/h3-10,14H,11-12H2,1-2H3,(H,19,20). The van der Waals surface area contributed by atoms with Crippen LogP contribution < -0.4 is 0 Å². The zero-order valence-corrected chi connectivity index (χ0v) is 13.2. The smallest absolute Gasteiger partial charge is 0.310 e. The van der Waals surface area contributed by atoms with E-state index in [1.54, 1.807) is 6.92 Å². The van der Waals surface area contributed by atoms with Crippen LogP contribution in [0.1, 0.15) is 35.1 Å². The Labute approximate surface area is 130 Å². The first-order chi connectivity index (χ1) is 10.1. The Kier molecular flexibility index (Phi) is 5.45. The van der Waals surface area contributed by atoms with E-state index in [2.05, 4.69) is 31.2 Å². The van der Waals surface area contributed by atoms with Crippen molar-refractivity contribution in [1.82, 2.24) is 0 Å². The maximum atomic E-state index is 10.9. The number of carbonyl (C=O) groups is 1. The molecule has 0 amide bonds. The number of aliphatic carboxylic acids is 1. The van der Waals surface area contributed by atoms with Gasteiger partial charge < -0.3 is 5.11 Å². The molecule has 0 aromatic heterocycles. The number of rotatable bonds is 6. The zero-order chi connectivity index (χ0) is 15.2. The summed E-state index contributed by atoms with van der Waals surface area (Å²) in [4.78, 5) is 10.9. The largest absolute Gasteiger partial charge is 0.481 e. The van der Waals surface area contributed by atoms with E-state index >= 15 is 0 Å². The summed E-state index contributed by atoms with van der Waals surface area (Å²) >= 11 is 1.87. The van der Waals surface area contributed by atoms with Crippen molar-refractivity contribution >= 4 is 17.7 Å². The molecule has 2 aromatic carbocycles. The molecule has 0 heterocycles. The van der Waals surface area contributed by atoms with Crippen molar-refractivity contribution in [3.05, 3.63) is 70.8 Å². The van der Waals surface area contributed by atoms with E-state index in [9.17, 15) is 4.79 Å². The molecule has 0 aliphatic carbocycles. The first kappa shape index (κ1) is 15.6. The van der Waals surface area contributed by atoms with Crippen LogP contribution in [-0.2, 0) is 16.3 Å². The molecule has 3 heteroatoms. The highest BCUT2D eigenvalue weighted by molar-refractivity contribution is 7.97. The average molecular weight is 300 g/mol. The van der Waals surface area contributed by atoms with E-state index in [1.807, 2.05) is 36.0 Å². The lowest BCUT2D eigenvalue weighted by Gasteiger charge is -2.08. The number of hydrogen-bond acceptors (Lipinski definition) is 2. The molecule has 0 aliphatic rings. The van der Waals surface area contributed by atoms with Crippen LogP contribution in [0.2, 0.25) is 0 Å². The molecule has 1 N–H and O–H groups in total. The van der Waals surface area contributed by atoms with E-state index in [0.29, 0.717) is 0 Å². The van der Waals surface area contributed by atoms with Crippen molar-refractivity contribution in [2.45, 2.75) is 31.3 Å². The van der Waals surface area contributed by atoms with Crippen LogP contribution in [0.15, 0.2) is 48.5 Å². The summed E-state index contributed by atoms with van der Waals surface area (Å²) in [6.07, 6.45) is 0. The number of carboxylic acid groups (broad SMARTS) is 1. The van der Waals surface area contributed by atoms with Crippen molar-refractivity contribution in [2.24, 2.45) is 0 Å². The van der Waals surface area contributed by atoms with E-state index in [0.717, 1.165) is 17.1 Å². The molecule has 2 aromatic rings. The Hall–Kier alpha value is -1.74. The molecule has 0 saturated carbocycles. The fourth-order valence-electron chi connectivity index (χ4n) is 2.13. The van der Waals surface area contributed by atoms with E-state index in [4.69, 9.17) is 5.11 Å². The molecule has 2 nitrogen and oxygen atoms in total. The normalized spacial score (nSPS) is 12.1. The number of aryl methyl sites for hydroxylation is 1. The molecule has 0 radical (unpaired) electrons. The summed E-state index contributed by atoms with van der Waals surface area (Å²) in [6.45, 7) is 3.82. The molecule has 1 unspecified atom stereocenters. The van der Waals surface area contributed by atoms with Gasteiger partial charge in [-0.3, -0.25) is 4.79 Å². The third kappa shape index (κ3) is 4.64. The van der Waals surface area contributed by atoms with Crippen molar-refractivity contribution in [1.29, 1.82) is 0 Å².